The van der Waals surface area contributed by atoms with Crippen LogP contribution in [0.25, 0.3) is 0 Å². The molecule has 0 radical (unpaired) electrons. The smallest absolute Gasteiger partial charge is 0.390 e. The number of ketones is 3. The summed E-state index contributed by atoms with van der Waals surface area (Å²) in [6.07, 6.45) is -3.00. The zero-order valence-corrected chi connectivity index (χ0v) is 67.5. The highest BCUT2D eigenvalue weighted by molar-refractivity contribution is 6.00. The van der Waals surface area contributed by atoms with Gasteiger partial charge in [-0.25, -0.2) is 0 Å². The fourth-order valence-electron chi connectivity index (χ4n) is 14.0. The molecule has 14 atom stereocenters. The molecule has 9 amide bonds. The number of nitrogens with zero attached hydrogens (tertiary/aromatic N) is 9. The molecule has 2 aliphatic rings. The van der Waals surface area contributed by atoms with Crippen molar-refractivity contribution in [1.29, 1.82) is 0 Å². The Morgan fingerprint density at radius 2 is 1.05 bits per heavy atom. The molecule has 2 heterocycles. The van der Waals surface area contributed by atoms with Crippen molar-refractivity contribution >= 4 is 70.5 Å². The number of hydrogen-bond donors (Lipinski definition) is 1. The Labute approximate surface area is 619 Å². The summed E-state index contributed by atoms with van der Waals surface area (Å²) in [6, 6.07) is -10.2. The number of Topliss-reactive ketones (excluding diaryl/α,β-unsaturated/α-hetero) is 3. The molecular weight excluding hydrogens is 1350 g/mol. The molecule has 0 aromatic heterocycles. The monoisotopic (exact) mass is 1480 g/mol. The van der Waals surface area contributed by atoms with Gasteiger partial charge in [0.25, 0.3) is 0 Å². The van der Waals surface area contributed by atoms with Crippen molar-refractivity contribution in [3.8, 4) is 0 Å². The molecule has 104 heavy (non-hydrogen) atoms. The molecule has 2 saturated heterocycles. The lowest BCUT2D eigenvalue weighted by Gasteiger charge is -2.42. The van der Waals surface area contributed by atoms with Crippen LogP contribution in [-0.4, -0.2) is 270 Å². The molecule has 27 heteroatoms. The van der Waals surface area contributed by atoms with Crippen molar-refractivity contribution < 1.29 is 80.2 Å². The predicted molar refractivity (Wildman–Crippen MR) is 394 cm³/mol. The third kappa shape index (κ3) is 26.9. The average Bonchev–Trinajstić information content (AvgIpc) is 0.829. The number of ether oxygens (including phenoxy) is 2. The molecule has 0 spiro atoms. The van der Waals surface area contributed by atoms with Gasteiger partial charge in [-0.2, -0.15) is 13.2 Å². The van der Waals surface area contributed by atoms with Gasteiger partial charge in [0.2, 0.25) is 53.2 Å². The lowest BCUT2D eigenvalue weighted by molar-refractivity contribution is -0.158. The van der Waals surface area contributed by atoms with Gasteiger partial charge >= 0.3 is 6.18 Å². The first-order chi connectivity index (χ1) is 48.1. The highest BCUT2D eigenvalue weighted by Gasteiger charge is 2.48. The van der Waals surface area contributed by atoms with E-state index in [9.17, 15) is 32.3 Å². The molecule has 0 aromatic rings. The molecular formula is C77H131F3N10O14. The van der Waals surface area contributed by atoms with Gasteiger partial charge in [-0.05, 0) is 88.4 Å². The maximum Gasteiger partial charge on any atom is 0.390 e. The van der Waals surface area contributed by atoms with E-state index in [1.807, 2.05) is 67.5 Å². The van der Waals surface area contributed by atoms with Gasteiger partial charge in [0.15, 0.2) is 11.6 Å². The van der Waals surface area contributed by atoms with E-state index in [-0.39, 0.29) is 101 Å². The maximum atomic E-state index is 15.6. The van der Waals surface area contributed by atoms with Crippen LogP contribution in [0.2, 0.25) is 0 Å². The quantitative estimate of drug-likeness (QED) is 0.0791. The lowest BCUT2D eigenvalue weighted by Crippen LogP contribution is -2.64. The topological polar surface area (TPSA) is 264 Å². The minimum atomic E-state index is -4.34. The van der Waals surface area contributed by atoms with Crippen LogP contribution in [0.15, 0.2) is 24.5 Å². The second-order valence-electron chi connectivity index (χ2n) is 31.6. The summed E-state index contributed by atoms with van der Waals surface area (Å²) >= 11 is 0. The number of rotatable bonds is 22. The number of likely N-dealkylation sites (N-methyl/N-ethyl adjacent to an activating group) is 7. The van der Waals surface area contributed by atoms with E-state index in [0.29, 0.717) is 6.42 Å². The summed E-state index contributed by atoms with van der Waals surface area (Å²) in [5.41, 5.74) is 0. The Morgan fingerprint density at radius 1 is 0.567 bits per heavy atom. The molecule has 2 fully saturated rings. The number of carbonyl (C=O) groups excluding carboxylic acids is 12. The Balaban J connectivity index is 3.07. The van der Waals surface area contributed by atoms with Crippen molar-refractivity contribution in [2.45, 2.75) is 243 Å². The summed E-state index contributed by atoms with van der Waals surface area (Å²) in [6.45, 7) is 35.1. The van der Waals surface area contributed by atoms with Crippen LogP contribution >= 0.6 is 0 Å². The molecule has 2 aliphatic heterocycles. The van der Waals surface area contributed by atoms with Crippen molar-refractivity contribution in [3.05, 3.63) is 24.5 Å². The number of halogens is 3. The third-order valence-electron chi connectivity index (χ3n) is 20.6. The second kappa shape index (κ2) is 42.5. The maximum absolute atomic E-state index is 15.6. The van der Waals surface area contributed by atoms with Gasteiger partial charge in [0.05, 0.1) is 30.9 Å². The van der Waals surface area contributed by atoms with Crippen molar-refractivity contribution in [1.82, 2.24) is 49.4 Å². The molecule has 0 aliphatic carbocycles. The minimum absolute atomic E-state index is 0.0334. The Kier molecular flexibility index (Phi) is 38.2. The summed E-state index contributed by atoms with van der Waals surface area (Å²) < 4.78 is 51.5. The number of allylic oxidation sites excluding steroid dienone is 3. The SMILES string of the molecule is C=C(C)O[C@H]([C@H](C)C/C=C/C)[C@H]1C(=O)N[C@@H](CC)C(=O)N(C)[C@H](C)C(=O)N(C)[C@@H]([C@H](C)COCC(=O)N2CCN(CCC(F)(F)F)CC2)C(=O)C[C@@H](C(C)C)C(=O)N(C)[C@@H](CC(C)C)C(=O)C[C@@H](C)C(=O)C[C@H](C)C(=O)N(C)[C@@H](CC(C)C)C(=O)N(C)[C@@H](CC(C)C)C(=O)N(C)[C@@H](C(C)C)C(=O)N1C. The van der Waals surface area contributed by atoms with Gasteiger partial charge in [0.1, 0.15) is 54.7 Å². The summed E-state index contributed by atoms with van der Waals surface area (Å²) in [7, 11) is 10.0. The van der Waals surface area contributed by atoms with E-state index in [4.69, 9.17) is 9.47 Å². The van der Waals surface area contributed by atoms with E-state index in [2.05, 4.69) is 11.9 Å². The summed E-state index contributed by atoms with van der Waals surface area (Å²) in [4.78, 5) is 191. The van der Waals surface area contributed by atoms with E-state index >= 15 is 38.4 Å². The first-order valence-electron chi connectivity index (χ1n) is 37.4. The zero-order valence-electron chi connectivity index (χ0n) is 67.5. The molecule has 0 bridgehead atoms. The van der Waals surface area contributed by atoms with Crippen LogP contribution in [-0.2, 0) is 67.0 Å². The summed E-state index contributed by atoms with van der Waals surface area (Å²) in [5.74, 6) is -13.0. The van der Waals surface area contributed by atoms with Crippen LogP contribution in [0.3, 0.4) is 0 Å². The van der Waals surface area contributed by atoms with Crippen LogP contribution in [0.1, 0.15) is 182 Å². The van der Waals surface area contributed by atoms with Gasteiger partial charge in [-0.3, -0.25) is 62.4 Å². The fraction of sp³-hybridized carbons (Fsp3) is 0.792. The molecule has 0 saturated carbocycles. The van der Waals surface area contributed by atoms with Crippen molar-refractivity contribution in [3.63, 3.8) is 0 Å². The number of carbonyl (C=O) groups is 12. The number of piperazine rings is 1. The average molecular weight is 1480 g/mol. The van der Waals surface area contributed by atoms with Crippen LogP contribution in [0, 0.1) is 59.2 Å². The number of amides is 9. The number of hydrogen-bond acceptors (Lipinski definition) is 15. The minimum Gasteiger partial charge on any atom is -0.493 e. The fourth-order valence-corrected chi connectivity index (χ4v) is 14.0. The number of alkyl halides is 3. The third-order valence-corrected chi connectivity index (χ3v) is 20.6. The van der Waals surface area contributed by atoms with Gasteiger partial charge < -0.3 is 54.0 Å². The van der Waals surface area contributed by atoms with Crippen molar-refractivity contribution in [2.24, 2.45) is 59.2 Å². The predicted octanol–water partition coefficient (Wildman–Crippen LogP) is 8.19. The molecule has 0 aromatic carbocycles. The van der Waals surface area contributed by atoms with Crippen LogP contribution in [0.4, 0.5) is 13.2 Å². The molecule has 594 valence electrons. The molecule has 1 N–H and O–H groups in total. The van der Waals surface area contributed by atoms with E-state index in [1.54, 1.807) is 67.2 Å². The van der Waals surface area contributed by atoms with Crippen LogP contribution < -0.4 is 5.32 Å². The van der Waals surface area contributed by atoms with E-state index in [1.165, 1.54) is 90.6 Å². The largest absolute Gasteiger partial charge is 0.493 e. The Hall–Kier alpha value is -6.77. The van der Waals surface area contributed by atoms with Crippen LogP contribution in [0.5, 0.6) is 0 Å². The van der Waals surface area contributed by atoms with Crippen molar-refractivity contribution in [2.75, 3.05) is 95.3 Å². The van der Waals surface area contributed by atoms with E-state index in [0.717, 1.165) is 4.90 Å². The van der Waals surface area contributed by atoms with E-state index < -0.39 is 192 Å². The zero-order chi connectivity index (χ0) is 80.0. The summed E-state index contributed by atoms with van der Waals surface area (Å²) in [5, 5.41) is 2.88. The second-order valence-corrected chi connectivity index (χ2v) is 31.6. The standard InChI is InChI=1S/C77H131F3N10O14/c1-27-29-30-51(15)68(104-50(13)14)67-69(95)81-57(28-2)73(99)82(20)55(19)71(97)87(25)66(54(18)43-103-44-64(94)90-35-33-89(34-36-90)32-31-77(78,79)80)63(93)42-56(48(9)10)72(98)83(21)58(37-45(3)4)62(92)40-52(16)61(91)41-53(17)70(96)84(22)59(38-46(5)6)74(100)85(23)60(39-47(7)8)75(101)86(24)65(49(11)12)76(102)88(67)26/h27,29,45-49,51-60,65-68H,13,28,30-44H2,1-12,14-26H3,(H,81,95)/b29-27+/t51-,52-,53+,54-,55-,56+,57+,58+,59+,60+,65+,66+,67+,68-/m1/s1. The molecule has 0 unspecified atom stereocenters. The first-order valence-corrected chi connectivity index (χ1v) is 37.4. The van der Waals surface area contributed by atoms with Gasteiger partial charge in [0, 0.05) is 125 Å². The Bertz CT molecular complexity index is 2950. The highest BCUT2D eigenvalue weighted by Crippen LogP contribution is 2.31. The molecule has 24 nitrogen and oxygen atoms in total. The Morgan fingerprint density at radius 3 is 1.53 bits per heavy atom. The lowest BCUT2D eigenvalue weighted by atomic mass is 9.83. The normalized spacial score (nSPS) is 26.5. The highest BCUT2D eigenvalue weighted by atomic mass is 19.4. The van der Waals surface area contributed by atoms with Gasteiger partial charge in [-0.15, -0.1) is 0 Å². The molecule has 2 rings (SSSR count). The number of nitrogens with one attached hydrogen (secondary N) is 1. The van der Waals surface area contributed by atoms with Gasteiger partial charge in [-0.1, -0.05) is 123 Å². The first kappa shape index (κ1) is 93.3.